The molecule has 2 aromatic carbocycles. The van der Waals surface area contributed by atoms with Gasteiger partial charge in [0.15, 0.2) is 0 Å². The molecule has 1 saturated heterocycles. The molecule has 0 radical (unpaired) electrons. The molecule has 0 spiro atoms. The standard InChI is InChI=1S/C20H22O8/c21-9-15-17(25)18(26)19(27)20(28-15)16-13(23)7-11(8-14(16)24)2-1-10-3-5-12(22)6-4-10/h1-8,15,17-27H,9H2/t15-,17-,18+,19-,20?/m1/s1. The molecule has 5 atom stereocenters. The molecule has 2 aromatic rings. The van der Waals surface area contributed by atoms with Gasteiger partial charge in [0.25, 0.3) is 0 Å². The topological polar surface area (TPSA) is 151 Å². The molecule has 8 nitrogen and oxygen atoms in total. The summed E-state index contributed by atoms with van der Waals surface area (Å²) in [5, 5.41) is 69.3. The smallest absolute Gasteiger partial charge is 0.125 e. The molecule has 1 unspecified atom stereocenters. The molecule has 0 aliphatic carbocycles. The van der Waals surface area contributed by atoms with E-state index < -0.39 is 37.1 Å². The Morgan fingerprint density at radius 3 is 1.93 bits per heavy atom. The van der Waals surface area contributed by atoms with Gasteiger partial charge in [0.2, 0.25) is 0 Å². The first-order valence-electron chi connectivity index (χ1n) is 8.65. The second-order valence-electron chi connectivity index (χ2n) is 6.65. The predicted molar refractivity (Wildman–Crippen MR) is 99.5 cm³/mol. The van der Waals surface area contributed by atoms with Crippen LogP contribution in [0.15, 0.2) is 36.4 Å². The van der Waals surface area contributed by atoms with E-state index in [1.165, 1.54) is 24.3 Å². The van der Waals surface area contributed by atoms with Crippen molar-refractivity contribution < 1.29 is 40.5 Å². The van der Waals surface area contributed by atoms with Gasteiger partial charge < -0.3 is 40.5 Å². The van der Waals surface area contributed by atoms with Crippen LogP contribution in [0.3, 0.4) is 0 Å². The number of ether oxygens (including phenoxy) is 1. The largest absolute Gasteiger partial charge is 0.508 e. The molecule has 1 heterocycles. The van der Waals surface area contributed by atoms with Crippen LogP contribution in [-0.2, 0) is 4.74 Å². The van der Waals surface area contributed by atoms with E-state index in [0.29, 0.717) is 5.56 Å². The van der Waals surface area contributed by atoms with Gasteiger partial charge in [-0.05, 0) is 35.4 Å². The maximum absolute atomic E-state index is 10.4. The molecule has 1 aliphatic rings. The van der Waals surface area contributed by atoms with Crippen LogP contribution in [0.2, 0.25) is 0 Å². The maximum Gasteiger partial charge on any atom is 0.125 e. The van der Waals surface area contributed by atoms with Crippen molar-refractivity contribution in [3.8, 4) is 17.2 Å². The first-order chi connectivity index (χ1) is 13.3. The fraction of sp³-hybridized carbons (Fsp3) is 0.300. The highest BCUT2D eigenvalue weighted by atomic mass is 16.5. The normalized spacial score (nSPS) is 27.9. The van der Waals surface area contributed by atoms with Gasteiger partial charge in [0, 0.05) is 0 Å². The lowest BCUT2D eigenvalue weighted by Crippen LogP contribution is -2.55. The second kappa shape index (κ2) is 8.17. The number of hydrogen-bond donors (Lipinski definition) is 7. The molecule has 3 rings (SSSR count). The molecule has 150 valence electrons. The molecule has 1 aliphatic heterocycles. The van der Waals surface area contributed by atoms with Crippen LogP contribution in [0.1, 0.15) is 22.8 Å². The van der Waals surface area contributed by atoms with E-state index >= 15 is 0 Å². The van der Waals surface area contributed by atoms with Crippen LogP contribution < -0.4 is 0 Å². The highest BCUT2D eigenvalue weighted by Gasteiger charge is 2.45. The van der Waals surface area contributed by atoms with Crippen molar-refractivity contribution in [2.24, 2.45) is 0 Å². The van der Waals surface area contributed by atoms with Crippen LogP contribution in [0.5, 0.6) is 17.2 Å². The van der Waals surface area contributed by atoms with E-state index in [9.17, 15) is 35.7 Å². The van der Waals surface area contributed by atoms with Gasteiger partial charge in [-0.3, -0.25) is 0 Å². The quantitative estimate of drug-likeness (QED) is 0.373. The minimum atomic E-state index is -1.62. The van der Waals surface area contributed by atoms with Gasteiger partial charge in [-0.25, -0.2) is 0 Å². The van der Waals surface area contributed by atoms with Crippen molar-refractivity contribution in [3.63, 3.8) is 0 Å². The van der Waals surface area contributed by atoms with E-state index in [2.05, 4.69) is 0 Å². The summed E-state index contributed by atoms with van der Waals surface area (Å²) in [7, 11) is 0. The van der Waals surface area contributed by atoms with Crippen LogP contribution in [0.4, 0.5) is 0 Å². The van der Waals surface area contributed by atoms with Gasteiger partial charge in [0.1, 0.15) is 47.8 Å². The summed E-state index contributed by atoms with van der Waals surface area (Å²) in [5.74, 6) is -0.624. The monoisotopic (exact) mass is 390 g/mol. The second-order valence-corrected chi connectivity index (χ2v) is 6.65. The molecule has 0 aromatic heterocycles. The highest BCUT2D eigenvalue weighted by Crippen LogP contribution is 2.42. The number of benzene rings is 2. The molecule has 0 amide bonds. The number of aliphatic hydroxyl groups excluding tert-OH is 4. The number of rotatable bonds is 4. The third-order valence-electron chi connectivity index (χ3n) is 4.70. The fourth-order valence-electron chi connectivity index (χ4n) is 3.15. The Morgan fingerprint density at radius 2 is 1.36 bits per heavy atom. The molecule has 0 bridgehead atoms. The average molecular weight is 390 g/mol. The van der Waals surface area contributed by atoms with Crippen molar-refractivity contribution in [3.05, 3.63) is 53.1 Å². The number of aromatic hydroxyl groups is 3. The van der Waals surface area contributed by atoms with Crippen molar-refractivity contribution in [2.75, 3.05) is 6.61 Å². The average Bonchev–Trinajstić information content (AvgIpc) is 2.67. The van der Waals surface area contributed by atoms with Crippen molar-refractivity contribution in [1.82, 2.24) is 0 Å². The van der Waals surface area contributed by atoms with E-state index in [-0.39, 0.29) is 22.8 Å². The van der Waals surface area contributed by atoms with Gasteiger partial charge >= 0.3 is 0 Å². The molecular formula is C20H22O8. The van der Waals surface area contributed by atoms with E-state index in [1.807, 2.05) is 0 Å². The lowest BCUT2D eigenvalue weighted by Gasteiger charge is -2.40. The zero-order chi connectivity index (χ0) is 20.4. The summed E-state index contributed by atoms with van der Waals surface area (Å²) in [6.45, 7) is -0.615. The summed E-state index contributed by atoms with van der Waals surface area (Å²) in [6, 6.07) is 9.11. The highest BCUT2D eigenvalue weighted by molar-refractivity contribution is 5.72. The third-order valence-corrected chi connectivity index (χ3v) is 4.70. The van der Waals surface area contributed by atoms with Gasteiger partial charge in [0.05, 0.1) is 12.2 Å². The Morgan fingerprint density at radius 1 is 0.786 bits per heavy atom. The zero-order valence-electron chi connectivity index (χ0n) is 14.8. The van der Waals surface area contributed by atoms with Gasteiger partial charge in [-0.2, -0.15) is 0 Å². The maximum atomic E-state index is 10.4. The Bertz CT molecular complexity index is 823. The summed E-state index contributed by atoms with van der Waals surface area (Å²) in [4.78, 5) is 0. The fourth-order valence-corrected chi connectivity index (χ4v) is 3.15. The van der Waals surface area contributed by atoms with Crippen LogP contribution in [-0.4, -0.2) is 66.8 Å². The first kappa shape index (κ1) is 20.1. The van der Waals surface area contributed by atoms with E-state index in [0.717, 1.165) is 5.56 Å². The van der Waals surface area contributed by atoms with Gasteiger partial charge in [-0.15, -0.1) is 0 Å². The van der Waals surface area contributed by atoms with Gasteiger partial charge in [-0.1, -0.05) is 24.3 Å². The van der Waals surface area contributed by atoms with Crippen molar-refractivity contribution in [1.29, 1.82) is 0 Å². The zero-order valence-corrected chi connectivity index (χ0v) is 14.8. The van der Waals surface area contributed by atoms with Crippen LogP contribution in [0.25, 0.3) is 12.2 Å². The van der Waals surface area contributed by atoms with Crippen LogP contribution >= 0.6 is 0 Å². The van der Waals surface area contributed by atoms with Crippen LogP contribution in [0, 0.1) is 0 Å². The predicted octanol–water partition coefficient (Wildman–Crippen LogP) is 0.489. The molecule has 0 saturated carbocycles. The third kappa shape index (κ3) is 3.96. The van der Waals surface area contributed by atoms with E-state index in [4.69, 9.17) is 4.74 Å². The minimum absolute atomic E-state index is 0.135. The molecule has 8 heteroatoms. The lowest BCUT2D eigenvalue weighted by molar-refractivity contribution is -0.232. The Balaban J connectivity index is 1.88. The van der Waals surface area contributed by atoms with E-state index in [1.54, 1.807) is 24.3 Å². The lowest BCUT2D eigenvalue weighted by atomic mass is 9.90. The Kier molecular flexibility index (Phi) is 5.87. The molecular weight excluding hydrogens is 368 g/mol. The summed E-state index contributed by atoms with van der Waals surface area (Å²) in [5.41, 5.74) is 1.09. The molecule has 1 fully saturated rings. The Hall–Kier alpha value is -2.62. The number of aliphatic hydroxyl groups is 4. The number of hydrogen-bond acceptors (Lipinski definition) is 8. The number of phenolic OH excluding ortho intramolecular Hbond substituents is 3. The number of phenols is 3. The van der Waals surface area contributed by atoms with Crippen molar-refractivity contribution in [2.45, 2.75) is 30.5 Å². The SMILES string of the molecule is OC[C@H]1OC(c2c(O)cc(C=Cc3ccc(O)cc3)cc2O)[C@H](O)[C@@H](O)[C@@H]1O. The minimum Gasteiger partial charge on any atom is -0.508 e. The molecule has 7 N–H and O–H groups in total. The summed E-state index contributed by atoms with van der Waals surface area (Å²) in [6.07, 6.45) is -3.93. The summed E-state index contributed by atoms with van der Waals surface area (Å²) < 4.78 is 5.39. The molecule has 28 heavy (non-hydrogen) atoms. The first-order valence-corrected chi connectivity index (χ1v) is 8.65. The Labute approximate surface area is 160 Å². The summed E-state index contributed by atoms with van der Waals surface area (Å²) >= 11 is 0. The van der Waals surface area contributed by atoms with Crippen molar-refractivity contribution >= 4 is 12.2 Å².